The Morgan fingerprint density at radius 3 is 2.94 bits per heavy atom. The van der Waals surface area contributed by atoms with Crippen molar-refractivity contribution in [3.05, 3.63) is 35.1 Å². The second-order valence-corrected chi connectivity index (χ2v) is 4.90. The van der Waals surface area contributed by atoms with Crippen LogP contribution in [-0.4, -0.2) is 28.6 Å². The van der Waals surface area contributed by atoms with Crippen molar-refractivity contribution in [1.29, 1.82) is 0 Å². The fourth-order valence-corrected chi connectivity index (χ4v) is 2.50. The van der Waals surface area contributed by atoms with Gasteiger partial charge in [0.1, 0.15) is 11.9 Å². The molecule has 18 heavy (non-hydrogen) atoms. The van der Waals surface area contributed by atoms with Crippen LogP contribution in [0.25, 0.3) is 0 Å². The van der Waals surface area contributed by atoms with Crippen molar-refractivity contribution in [1.82, 2.24) is 4.90 Å². The molecule has 0 bridgehead atoms. The van der Waals surface area contributed by atoms with E-state index >= 15 is 0 Å². The molecule has 3 nitrogen and oxygen atoms in total. The first-order valence-electron chi connectivity index (χ1n) is 6.30. The van der Waals surface area contributed by atoms with Gasteiger partial charge in [-0.25, -0.2) is 4.39 Å². The third-order valence-corrected chi connectivity index (χ3v) is 3.51. The third kappa shape index (κ3) is 2.88. The summed E-state index contributed by atoms with van der Waals surface area (Å²) in [7, 11) is 0. The van der Waals surface area contributed by atoms with Crippen molar-refractivity contribution in [3.63, 3.8) is 0 Å². The number of likely N-dealkylation sites (tertiary alicyclic amines) is 1. The maximum absolute atomic E-state index is 13.2. The first-order valence-corrected chi connectivity index (χ1v) is 6.30. The second kappa shape index (κ2) is 5.48. The Balaban J connectivity index is 2.10. The average molecular weight is 251 g/mol. The lowest BCUT2D eigenvalue weighted by Gasteiger charge is -2.32. The van der Waals surface area contributed by atoms with Crippen molar-refractivity contribution in [3.8, 4) is 0 Å². The van der Waals surface area contributed by atoms with Crippen LogP contribution in [0.3, 0.4) is 0 Å². The molecular formula is C14H18FNO2. The molecule has 1 aromatic rings. The van der Waals surface area contributed by atoms with Gasteiger partial charge >= 0.3 is 5.97 Å². The molecule has 2 rings (SSSR count). The molecule has 0 spiro atoms. The van der Waals surface area contributed by atoms with Crippen molar-refractivity contribution >= 4 is 5.97 Å². The van der Waals surface area contributed by atoms with E-state index in [1.165, 1.54) is 6.07 Å². The molecule has 1 atom stereocenters. The monoisotopic (exact) mass is 251 g/mol. The van der Waals surface area contributed by atoms with Crippen LogP contribution in [0.2, 0.25) is 0 Å². The fourth-order valence-electron chi connectivity index (χ4n) is 2.50. The Morgan fingerprint density at radius 2 is 2.28 bits per heavy atom. The number of halogens is 1. The largest absolute Gasteiger partial charge is 0.480 e. The summed E-state index contributed by atoms with van der Waals surface area (Å²) in [5, 5.41) is 9.18. The van der Waals surface area contributed by atoms with Crippen LogP contribution in [-0.2, 0) is 11.3 Å². The predicted octanol–water partition coefficient (Wildman–Crippen LogP) is 2.57. The summed E-state index contributed by atoms with van der Waals surface area (Å²) >= 11 is 0. The van der Waals surface area contributed by atoms with Gasteiger partial charge in [-0.1, -0.05) is 18.6 Å². The van der Waals surface area contributed by atoms with E-state index < -0.39 is 12.0 Å². The van der Waals surface area contributed by atoms with Crippen LogP contribution in [0.15, 0.2) is 18.2 Å². The molecular weight excluding hydrogens is 233 g/mol. The molecule has 1 aliphatic rings. The van der Waals surface area contributed by atoms with Gasteiger partial charge in [-0.05, 0) is 43.5 Å². The summed E-state index contributed by atoms with van der Waals surface area (Å²) in [5.41, 5.74) is 1.58. The molecule has 1 aromatic carbocycles. The number of carboxylic acids is 1. The highest BCUT2D eigenvalue weighted by Crippen LogP contribution is 2.20. The zero-order valence-electron chi connectivity index (χ0n) is 10.5. The van der Waals surface area contributed by atoms with Crippen molar-refractivity contribution in [2.75, 3.05) is 6.54 Å². The minimum Gasteiger partial charge on any atom is -0.480 e. The molecule has 1 saturated heterocycles. The Bertz CT molecular complexity index is 447. The predicted molar refractivity (Wildman–Crippen MR) is 66.8 cm³/mol. The molecule has 98 valence electrons. The Kier molecular flexibility index (Phi) is 3.97. The highest BCUT2D eigenvalue weighted by atomic mass is 19.1. The second-order valence-electron chi connectivity index (χ2n) is 4.90. The lowest BCUT2D eigenvalue weighted by molar-refractivity contribution is -0.144. The zero-order valence-corrected chi connectivity index (χ0v) is 10.5. The van der Waals surface area contributed by atoms with Gasteiger partial charge in [0.15, 0.2) is 0 Å². The highest BCUT2D eigenvalue weighted by Gasteiger charge is 2.28. The van der Waals surface area contributed by atoms with Crippen molar-refractivity contribution in [2.45, 2.75) is 38.8 Å². The molecule has 1 fully saturated rings. The number of benzene rings is 1. The Labute approximate surface area is 106 Å². The fraction of sp³-hybridized carbons (Fsp3) is 0.500. The minimum atomic E-state index is -0.756. The summed E-state index contributed by atoms with van der Waals surface area (Å²) in [6.45, 7) is 3.11. The molecule has 0 saturated carbocycles. The van der Waals surface area contributed by atoms with Crippen molar-refractivity contribution in [2.24, 2.45) is 0 Å². The highest BCUT2D eigenvalue weighted by molar-refractivity contribution is 5.73. The van der Waals surface area contributed by atoms with Crippen LogP contribution in [0.1, 0.15) is 30.4 Å². The maximum Gasteiger partial charge on any atom is 0.320 e. The molecule has 0 aliphatic carbocycles. The first kappa shape index (κ1) is 13.0. The van der Waals surface area contributed by atoms with Crippen LogP contribution < -0.4 is 0 Å². The van der Waals surface area contributed by atoms with E-state index in [1.807, 2.05) is 4.90 Å². The molecule has 1 heterocycles. The van der Waals surface area contributed by atoms with E-state index in [9.17, 15) is 14.3 Å². The van der Waals surface area contributed by atoms with E-state index in [1.54, 1.807) is 19.1 Å². The van der Waals surface area contributed by atoms with E-state index in [4.69, 9.17) is 0 Å². The molecule has 0 amide bonds. The topological polar surface area (TPSA) is 40.5 Å². The first-order chi connectivity index (χ1) is 8.58. The lowest BCUT2D eigenvalue weighted by Crippen LogP contribution is -2.44. The molecule has 4 heteroatoms. The summed E-state index contributed by atoms with van der Waals surface area (Å²) < 4.78 is 13.2. The van der Waals surface area contributed by atoms with Crippen molar-refractivity contribution < 1.29 is 14.3 Å². The van der Waals surface area contributed by atoms with Gasteiger partial charge in [0.05, 0.1) is 0 Å². The van der Waals surface area contributed by atoms with E-state index in [0.717, 1.165) is 24.9 Å². The Morgan fingerprint density at radius 1 is 1.50 bits per heavy atom. The SMILES string of the molecule is Cc1cc(CN2CCCCC2C(=O)O)ccc1F. The number of carboxylic acid groups (broad SMARTS) is 1. The lowest BCUT2D eigenvalue weighted by atomic mass is 10.0. The minimum absolute atomic E-state index is 0.216. The van der Waals surface area contributed by atoms with E-state index in [-0.39, 0.29) is 5.82 Å². The molecule has 1 aliphatic heterocycles. The van der Waals surface area contributed by atoms with Crippen LogP contribution in [0, 0.1) is 12.7 Å². The summed E-state index contributed by atoms with van der Waals surface area (Å²) in [6, 6.07) is 4.58. The van der Waals surface area contributed by atoms with Gasteiger partial charge in [0, 0.05) is 6.54 Å². The van der Waals surface area contributed by atoms with Crippen LogP contribution >= 0.6 is 0 Å². The number of aryl methyl sites for hydroxylation is 1. The van der Waals surface area contributed by atoms with Gasteiger partial charge in [0.2, 0.25) is 0 Å². The smallest absolute Gasteiger partial charge is 0.320 e. The third-order valence-electron chi connectivity index (χ3n) is 3.51. The normalized spacial score (nSPS) is 20.9. The molecule has 1 N–H and O–H groups in total. The quantitative estimate of drug-likeness (QED) is 0.897. The van der Waals surface area contributed by atoms with Gasteiger partial charge in [-0.15, -0.1) is 0 Å². The summed E-state index contributed by atoms with van der Waals surface area (Å²) in [4.78, 5) is 13.1. The number of carbonyl (C=O) groups is 1. The number of rotatable bonds is 3. The van der Waals surface area contributed by atoms with E-state index in [2.05, 4.69) is 0 Å². The standard InChI is InChI=1S/C14H18FNO2/c1-10-8-11(5-6-12(10)15)9-16-7-3-2-4-13(16)14(17)18/h5-6,8,13H,2-4,7,9H2,1H3,(H,17,18). The number of hydrogen-bond acceptors (Lipinski definition) is 2. The van der Waals surface area contributed by atoms with Crippen LogP contribution in [0.4, 0.5) is 4.39 Å². The summed E-state index contributed by atoms with van der Waals surface area (Å²) in [5.74, 6) is -0.972. The average Bonchev–Trinajstić information content (AvgIpc) is 2.34. The Hall–Kier alpha value is -1.42. The molecule has 1 unspecified atom stereocenters. The summed E-state index contributed by atoms with van der Waals surface area (Å²) in [6.07, 6.45) is 2.70. The zero-order chi connectivity index (χ0) is 13.1. The number of nitrogens with zero attached hydrogens (tertiary/aromatic N) is 1. The van der Waals surface area contributed by atoms with Gasteiger partial charge < -0.3 is 5.11 Å². The number of aliphatic carboxylic acids is 1. The van der Waals surface area contributed by atoms with Gasteiger partial charge in [-0.3, -0.25) is 9.69 Å². The number of piperidine rings is 1. The maximum atomic E-state index is 13.2. The van der Waals surface area contributed by atoms with Gasteiger partial charge in [-0.2, -0.15) is 0 Å². The van der Waals surface area contributed by atoms with E-state index in [0.29, 0.717) is 18.5 Å². The molecule has 0 aromatic heterocycles. The van der Waals surface area contributed by atoms with Gasteiger partial charge in [0.25, 0.3) is 0 Å². The number of hydrogen-bond donors (Lipinski definition) is 1. The van der Waals surface area contributed by atoms with Crippen LogP contribution in [0.5, 0.6) is 0 Å². The molecule has 0 radical (unpaired) electrons.